The van der Waals surface area contributed by atoms with Crippen LogP contribution in [0.2, 0.25) is 0 Å². The number of carbonyl (C=O) groups is 1. The fraction of sp³-hybridized carbons (Fsp3) is 0.300. The molecule has 0 aromatic heterocycles. The summed E-state index contributed by atoms with van der Waals surface area (Å²) in [4.78, 5) is 10.6. The van der Waals surface area contributed by atoms with Crippen LogP contribution in [0.5, 0.6) is 5.75 Å². The van der Waals surface area contributed by atoms with E-state index in [-0.39, 0.29) is 6.42 Å². The van der Waals surface area contributed by atoms with Crippen LogP contribution in [0.15, 0.2) is 16.6 Å². The van der Waals surface area contributed by atoms with Gasteiger partial charge < -0.3 is 9.84 Å². The first-order valence-electron chi connectivity index (χ1n) is 4.33. The van der Waals surface area contributed by atoms with Gasteiger partial charge in [0.25, 0.3) is 0 Å². The molecule has 74 valence electrons. The number of halogens is 1. The first-order valence-corrected chi connectivity index (χ1v) is 5.12. The molecule has 1 aliphatic rings. The Hall–Kier alpha value is -1.03. The Balaban J connectivity index is 2.43. The summed E-state index contributed by atoms with van der Waals surface area (Å²) in [5, 5.41) is 8.71. The molecule has 0 unspecified atom stereocenters. The van der Waals surface area contributed by atoms with Crippen molar-refractivity contribution in [2.75, 3.05) is 6.61 Å². The van der Waals surface area contributed by atoms with Gasteiger partial charge >= 0.3 is 5.97 Å². The molecule has 1 heterocycles. The van der Waals surface area contributed by atoms with Crippen LogP contribution in [-0.2, 0) is 17.6 Å². The molecule has 0 aliphatic carbocycles. The Bertz CT molecular complexity index is 387. The van der Waals surface area contributed by atoms with E-state index in [2.05, 4.69) is 15.9 Å². The highest BCUT2D eigenvalue weighted by atomic mass is 79.9. The van der Waals surface area contributed by atoms with Crippen molar-refractivity contribution in [1.82, 2.24) is 0 Å². The lowest BCUT2D eigenvalue weighted by molar-refractivity contribution is -0.136. The molecule has 3 nitrogen and oxygen atoms in total. The first kappa shape index (κ1) is 9.52. The van der Waals surface area contributed by atoms with Crippen molar-refractivity contribution in [2.45, 2.75) is 12.8 Å². The lowest BCUT2D eigenvalue weighted by Crippen LogP contribution is -2.02. The summed E-state index contributed by atoms with van der Waals surface area (Å²) in [6, 6.07) is 3.67. The molecule has 4 heteroatoms. The van der Waals surface area contributed by atoms with Crippen molar-refractivity contribution in [3.05, 3.63) is 27.7 Å². The molecular weight excluding hydrogens is 248 g/mol. The molecule has 14 heavy (non-hydrogen) atoms. The van der Waals surface area contributed by atoms with E-state index in [1.807, 2.05) is 12.1 Å². The quantitative estimate of drug-likeness (QED) is 0.881. The van der Waals surface area contributed by atoms with Crippen molar-refractivity contribution in [1.29, 1.82) is 0 Å². The van der Waals surface area contributed by atoms with Gasteiger partial charge in [0.1, 0.15) is 5.75 Å². The number of carboxylic acid groups (broad SMARTS) is 1. The van der Waals surface area contributed by atoms with Gasteiger partial charge in [0.15, 0.2) is 0 Å². The Morgan fingerprint density at radius 2 is 2.36 bits per heavy atom. The highest BCUT2D eigenvalue weighted by Crippen LogP contribution is 2.36. The zero-order valence-electron chi connectivity index (χ0n) is 7.42. The number of aliphatic carboxylic acids is 1. The van der Waals surface area contributed by atoms with Gasteiger partial charge in [0, 0.05) is 12.0 Å². The number of hydrogen-bond acceptors (Lipinski definition) is 2. The highest BCUT2D eigenvalue weighted by Gasteiger charge is 2.19. The summed E-state index contributed by atoms with van der Waals surface area (Å²) < 4.78 is 6.31. The summed E-state index contributed by atoms with van der Waals surface area (Å²) in [5.41, 5.74) is 1.88. The molecule has 0 radical (unpaired) electrons. The van der Waals surface area contributed by atoms with Gasteiger partial charge in [0.2, 0.25) is 0 Å². The third kappa shape index (κ3) is 1.62. The van der Waals surface area contributed by atoms with Gasteiger partial charge in [0.05, 0.1) is 17.5 Å². The predicted octanol–water partition coefficient (Wildman–Crippen LogP) is 2.01. The number of carboxylic acids is 1. The van der Waals surface area contributed by atoms with E-state index >= 15 is 0 Å². The lowest BCUT2D eigenvalue weighted by atomic mass is 10.0. The Labute approximate surface area is 89.8 Å². The fourth-order valence-corrected chi connectivity index (χ4v) is 2.14. The van der Waals surface area contributed by atoms with E-state index in [1.165, 1.54) is 0 Å². The Morgan fingerprint density at radius 3 is 3.07 bits per heavy atom. The average molecular weight is 257 g/mol. The van der Waals surface area contributed by atoms with Gasteiger partial charge in [-0.2, -0.15) is 0 Å². The second kappa shape index (κ2) is 3.61. The summed E-state index contributed by atoms with van der Waals surface area (Å²) in [6.07, 6.45) is 0.871. The van der Waals surface area contributed by atoms with Crippen molar-refractivity contribution < 1.29 is 14.6 Å². The highest BCUT2D eigenvalue weighted by molar-refractivity contribution is 9.10. The molecule has 1 aliphatic heterocycles. The van der Waals surface area contributed by atoms with Crippen molar-refractivity contribution in [3.63, 3.8) is 0 Å². The van der Waals surface area contributed by atoms with Crippen LogP contribution in [0, 0.1) is 0 Å². The number of hydrogen-bond donors (Lipinski definition) is 1. The Morgan fingerprint density at radius 1 is 1.57 bits per heavy atom. The molecule has 0 bridgehead atoms. The molecule has 0 amide bonds. The second-order valence-corrected chi connectivity index (χ2v) is 4.04. The van der Waals surface area contributed by atoms with E-state index in [0.29, 0.717) is 6.61 Å². The van der Waals surface area contributed by atoms with E-state index in [1.54, 1.807) is 0 Å². The molecule has 2 rings (SSSR count). The van der Waals surface area contributed by atoms with Gasteiger partial charge in [-0.1, -0.05) is 6.07 Å². The molecule has 1 N–H and O–H groups in total. The number of ether oxygens (including phenoxy) is 1. The molecule has 0 spiro atoms. The maximum atomic E-state index is 10.6. The molecule has 0 saturated carbocycles. The zero-order valence-corrected chi connectivity index (χ0v) is 9.00. The van der Waals surface area contributed by atoms with Crippen molar-refractivity contribution in [3.8, 4) is 5.75 Å². The maximum Gasteiger partial charge on any atom is 0.307 e. The summed E-state index contributed by atoms with van der Waals surface area (Å²) >= 11 is 3.38. The summed E-state index contributed by atoms with van der Waals surface area (Å²) in [5.74, 6) is 0.00479. The summed E-state index contributed by atoms with van der Waals surface area (Å²) in [6.45, 7) is 0.643. The zero-order chi connectivity index (χ0) is 10.1. The van der Waals surface area contributed by atoms with Gasteiger partial charge in [-0.05, 0) is 27.6 Å². The van der Waals surface area contributed by atoms with E-state index < -0.39 is 5.97 Å². The van der Waals surface area contributed by atoms with Crippen LogP contribution >= 0.6 is 15.9 Å². The van der Waals surface area contributed by atoms with Crippen LogP contribution < -0.4 is 4.74 Å². The van der Waals surface area contributed by atoms with E-state index in [4.69, 9.17) is 9.84 Å². The van der Waals surface area contributed by atoms with Crippen LogP contribution in [0.25, 0.3) is 0 Å². The molecule has 0 saturated heterocycles. The minimum atomic E-state index is -0.804. The number of fused-ring (bicyclic) bond motifs is 1. The van der Waals surface area contributed by atoms with Crippen LogP contribution in [0.3, 0.4) is 0 Å². The first-order chi connectivity index (χ1) is 6.68. The minimum Gasteiger partial charge on any atom is -0.492 e. The van der Waals surface area contributed by atoms with Crippen molar-refractivity contribution in [2.24, 2.45) is 0 Å². The van der Waals surface area contributed by atoms with E-state index in [9.17, 15) is 4.79 Å². The molecule has 1 aromatic carbocycles. The standard InChI is InChI=1S/C10H9BrO3/c11-8-2-1-6(5-9(12)13)7-3-4-14-10(7)8/h1-2H,3-5H2,(H,12,13). The average Bonchev–Trinajstić information content (AvgIpc) is 2.58. The van der Waals surface area contributed by atoms with Gasteiger partial charge in [-0.25, -0.2) is 0 Å². The van der Waals surface area contributed by atoms with Crippen LogP contribution in [0.1, 0.15) is 11.1 Å². The van der Waals surface area contributed by atoms with Gasteiger partial charge in [-0.15, -0.1) is 0 Å². The topological polar surface area (TPSA) is 46.5 Å². The number of benzene rings is 1. The lowest BCUT2D eigenvalue weighted by Gasteiger charge is -2.06. The summed E-state index contributed by atoms with van der Waals surface area (Å²) in [7, 11) is 0. The SMILES string of the molecule is O=C(O)Cc1ccc(Br)c2c1CCO2. The van der Waals surface area contributed by atoms with Gasteiger partial charge in [-0.3, -0.25) is 4.79 Å². The van der Waals surface area contributed by atoms with Crippen LogP contribution in [0.4, 0.5) is 0 Å². The predicted molar refractivity (Wildman–Crippen MR) is 54.7 cm³/mol. The second-order valence-electron chi connectivity index (χ2n) is 3.18. The Kier molecular flexibility index (Phi) is 2.46. The smallest absolute Gasteiger partial charge is 0.307 e. The monoisotopic (exact) mass is 256 g/mol. The molecular formula is C10H9BrO3. The fourth-order valence-electron chi connectivity index (χ4n) is 1.65. The molecule has 0 atom stereocenters. The molecule has 1 aromatic rings. The third-order valence-electron chi connectivity index (χ3n) is 2.25. The third-order valence-corrected chi connectivity index (χ3v) is 2.87. The minimum absolute atomic E-state index is 0.0684. The van der Waals surface area contributed by atoms with Crippen LogP contribution in [-0.4, -0.2) is 17.7 Å². The maximum absolute atomic E-state index is 10.6. The number of rotatable bonds is 2. The largest absolute Gasteiger partial charge is 0.492 e. The molecule has 0 fully saturated rings. The normalized spacial score (nSPS) is 13.5. The van der Waals surface area contributed by atoms with E-state index in [0.717, 1.165) is 27.8 Å². The van der Waals surface area contributed by atoms with Crippen molar-refractivity contribution >= 4 is 21.9 Å².